The van der Waals surface area contributed by atoms with E-state index >= 15 is 0 Å². The van der Waals surface area contributed by atoms with E-state index in [9.17, 15) is 0 Å². The fraction of sp³-hybridized carbons (Fsp3) is 0.625. The number of rotatable bonds is 7. The third-order valence-electron chi connectivity index (χ3n) is 3.88. The molecular formula is C16H25BrN2. The zero-order valence-electron chi connectivity index (χ0n) is 12.0. The van der Waals surface area contributed by atoms with Gasteiger partial charge in [0.15, 0.2) is 0 Å². The van der Waals surface area contributed by atoms with Gasteiger partial charge in [-0.1, -0.05) is 35.0 Å². The summed E-state index contributed by atoms with van der Waals surface area (Å²) < 4.78 is 1.19. The molecule has 0 aliphatic heterocycles. The Kier molecular flexibility index (Phi) is 5.43. The quantitative estimate of drug-likeness (QED) is 0.824. The molecule has 3 heteroatoms. The minimum absolute atomic E-state index is 0.343. The average Bonchev–Trinajstić information content (AvgIpc) is 3.17. The molecule has 2 nitrogen and oxygen atoms in total. The molecule has 0 heterocycles. The van der Waals surface area contributed by atoms with Crippen molar-refractivity contribution in [3.8, 4) is 0 Å². The van der Waals surface area contributed by atoms with Crippen molar-refractivity contribution in [2.75, 3.05) is 19.6 Å². The first-order valence-electron chi connectivity index (χ1n) is 7.35. The first kappa shape index (κ1) is 15.0. The Morgan fingerprint density at radius 1 is 1.42 bits per heavy atom. The molecule has 1 aromatic carbocycles. The third kappa shape index (κ3) is 4.04. The highest BCUT2D eigenvalue weighted by atomic mass is 79.9. The lowest BCUT2D eigenvalue weighted by molar-refractivity contribution is 0.192. The van der Waals surface area contributed by atoms with Crippen molar-refractivity contribution >= 4 is 15.9 Å². The SMILES string of the molecule is CCCN(CC1CC1)C(CN)c1ccc(C)cc1Br. The van der Waals surface area contributed by atoms with Crippen LogP contribution in [0.5, 0.6) is 0 Å². The van der Waals surface area contributed by atoms with Gasteiger partial charge in [0.05, 0.1) is 0 Å². The number of benzene rings is 1. The van der Waals surface area contributed by atoms with Crippen molar-refractivity contribution in [2.45, 2.75) is 39.2 Å². The van der Waals surface area contributed by atoms with Crippen molar-refractivity contribution in [1.82, 2.24) is 4.90 Å². The van der Waals surface area contributed by atoms with E-state index in [0.29, 0.717) is 12.6 Å². The normalized spacial score (nSPS) is 16.9. The second-order valence-corrected chi connectivity index (χ2v) is 6.57. The Morgan fingerprint density at radius 3 is 2.68 bits per heavy atom. The molecule has 1 saturated carbocycles. The summed E-state index contributed by atoms with van der Waals surface area (Å²) in [5, 5.41) is 0. The van der Waals surface area contributed by atoms with Gasteiger partial charge in [-0.05, 0) is 55.8 Å². The van der Waals surface area contributed by atoms with Crippen molar-refractivity contribution in [3.63, 3.8) is 0 Å². The van der Waals surface area contributed by atoms with Crippen molar-refractivity contribution in [1.29, 1.82) is 0 Å². The molecule has 1 aliphatic carbocycles. The maximum absolute atomic E-state index is 6.08. The molecule has 0 radical (unpaired) electrons. The average molecular weight is 325 g/mol. The summed E-state index contributed by atoms with van der Waals surface area (Å²) in [6, 6.07) is 6.95. The van der Waals surface area contributed by atoms with Crippen LogP contribution < -0.4 is 5.73 Å². The topological polar surface area (TPSA) is 29.3 Å². The Hall–Kier alpha value is -0.380. The van der Waals surface area contributed by atoms with E-state index in [2.05, 4.69) is 52.9 Å². The molecular weight excluding hydrogens is 300 g/mol. The highest BCUT2D eigenvalue weighted by Crippen LogP contribution is 2.34. The van der Waals surface area contributed by atoms with Crippen LogP contribution in [0.2, 0.25) is 0 Å². The molecule has 1 atom stereocenters. The van der Waals surface area contributed by atoms with E-state index in [1.165, 1.54) is 41.4 Å². The van der Waals surface area contributed by atoms with Crippen LogP contribution in [0.4, 0.5) is 0 Å². The first-order valence-corrected chi connectivity index (χ1v) is 8.15. The van der Waals surface area contributed by atoms with E-state index in [-0.39, 0.29) is 0 Å². The van der Waals surface area contributed by atoms with Crippen LogP contribution in [0.15, 0.2) is 22.7 Å². The minimum Gasteiger partial charge on any atom is -0.329 e. The molecule has 2 rings (SSSR count). The van der Waals surface area contributed by atoms with Crippen LogP contribution in [0, 0.1) is 12.8 Å². The molecule has 19 heavy (non-hydrogen) atoms. The first-order chi connectivity index (χ1) is 9.15. The van der Waals surface area contributed by atoms with E-state index in [1.807, 2.05) is 0 Å². The number of nitrogens with two attached hydrogens (primary N) is 1. The van der Waals surface area contributed by atoms with Crippen molar-refractivity contribution < 1.29 is 0 Å². The van der Waals surface area contributed by atoms with Gasteiger partial charge in [-0.2, -0.15) is 0 Å². The van der Waals surface area contributed by atoms with Gasteiger partial charge >= 0.3 is 0 Å². The number of nitrogens with zero attached hydrogens (tertiary/aromatic N) is 1. The maximum Gasteiger partial charge on any atom is 0.0481 e. The fourth-order valence-electron chi connectivity index (χ4n) is 2.67. The van der Waals surface area contributed by atoms with E-state index < -0.39 is 0 Å². The molecule has 106 valence electrons. The summed E-state index contributed by atoms with van der Waals surface area (Å²) >= 11 is 3.71. The number of hydrogen-bond acceptors (Lipinski definition) is 2. The maximum atomic E-state index is 6.08. The van der Waals surface area contributed by atoms with E-state index in [0.717, 1.165) is 12.5 Å². The lowest BCUT2D eigenvalue weighted by Gasteiger charge is -2.32. The van der Waals surface area contributed by atoms with Gasteiger partial charge in [-0.15, -0.1) is 0 Å². The second-order valence-electron chi connectivity index (χ2n) is 5.71. The molecule has 1 aliphatic rings. The molecule has 0 aromatic heterocycles. The Labute approximate surface area is 125 Å². The lowest BCUT2D eigenvalue weighted by atomic mass is 10.0. The summed E-state index contributed by atoms with van der Waals surface area (Å²) in [6.45, 7) is 7.40. The second kappa shape index (κ2) is 6.87. The van der Waals surface area contributed by atoms with E-state index in [4.69, 9.17) is 5.73 Å². The van der Waals surface area contributed by atoms with Crippen LogP contribution in [-0.2, 0) is 0 Å². The van der Waals surface area contributed by atoms with Crippen LogP contribution in [0.3, 0.4) is 0 Å². The number of halogens is 1. The van der Waals surface area contributed by atoms with Gasteiger partial charge in [0.2, 0.25) is 0 Å². The van der Waals surface area contributed by atoms with Crippen LogP contribution >= 0.6 is 15.9 Å². The summed E-state index contributed by atoms with van der Waals surface area (Å²) in [6.07, 6.45) is 3.98. The molecule has 0 amide bonds. The predicted molar refractivity (Wildman–Crippen MR) is 85.3 cm³/mol. The number of aryl methyl sites for hydroxylation is 1. The molecule has 1 unspecified atom stereocenters. The molecule has 0 spiro atoms. The standard InChI is InChI=1S/C16H25BrN2/c1-3-8-19(11-13-5-6-13)16(10-18)14-7-4-12(2)9-15(14)17/h4,7,9,13,16H,3,5-6,8,10-11,18H2,1-2H3. The number of hydrogen-bond donors (Lipinski definition) is 1. The van der Waals surface area contributed by atoms with Gasteiger partial charge in [0.1, 0.15) is 0 Å². The highest BCUT2D eigenvalue weighted by molar-refractivity contribution is 9.10. The molecule has 0 bridgehead atoms. The molecule has 2 N–H and O–H groups in total. The van der Waals surface area contributed by atoms with Gasteiger partial charge in [-0.3, -0.25) is 4.90 Å². The van der Waals surface area contributed by atoms with E-state index in [1.54, 1.807) is 0 Å². The summed E-state index contributed by atoms with van der Waals surface area (Å²) in [4.78, 5) is 2.58. The zero-order valence-corrected chi connectivity index (χ0v) is 13.6. The third-order valence-corrected chi connectivity index (χ3v) is 4.57. The lowest BCUT2D eigenvalue weighted by Crippen LogP contribution is -2.36. The molecule has 1 aromatic rings. The Balaban J connectivity index is 2.19. The van der Waals surface area contributed by atoms with Gasteiger partial charge in [0, 0.05) is 23.6 Å². The van der Waals surface area contributed by atoms with Crippen molar-refractivity contribution in [3.05, 3.63) is 33.8 Å². The van der Waals surface area contributed by atoms with Crippen molar-refractivity contribution in [2.24, 2.45) is 11.7 Å². The molecule has 0 saturated heterocycles. The van der Waals surface area contributed by atoms with Crippen LogP contribution in [0.25, 0.3) is 0 Å². The monoisotopic (exact) mass is 324 g/mol. The largest absolute Gasteiger partial charge is 0.329 e. The Morgan fingerprint density at radius 2 is 2.16 bits per heavy atom. The fourth-order valence-corrected chi connectivity index (χ4v) is 3.43. The molecule has 1 fully saturated rings. The predicted octanol–water partition coefficient (Wildman–Crippen LogP) is 3.88. The van der Waals surface area contributed by atoms with Gasteiger partial charge < -0.3 is 5.73 Å². The Bertz CT molecular complexity index is 415. The van der Waals surface area contributed by atoms with Crippen LogP contribution in [0.1, 0.15) is 43.4 Å². The summed E-state index contributed by atoms with van der Waals surface area (Å²) in [7, 11) is 0. The summed E-state index contributed by atoms with van der Waals surface area (Å²) in [5.74, 6) is 0.907. The zero-order chi connectivity index (χ0) is 13.8. The van der Waals surface area contributed by atoms with Gasteiger partial charge in [0.25, 0.3) is 0 Å². The van der Waals surface area contributed by atoms with Gasteiger partial charge in [-0.25, -0.2) is 0 Å². The summed E-state index contributed by atoms with van der Waals surface area (Å²) in [5.41, 5.74) is 8.70. The smallest absolute Gasteiger partial charge is 0.0481 e. The highest BCUT2D eigenvalue weighted by Gasteiger charge is 2.28. The minimum atomic E-state index is 0.343. The van der Waals surface area contributed by atoms with Crippen LogP contribution in [-0.4, -0.2) is 24.5 Å².